The molecule has 1 aromatic carbocycles. The average Bonchev–Trinajstić information content (AvgIpc) is 2.61. The van der Waals surface area contributed by atoms with Crippen molar-refractivity contribution >= 4 is 11.7 Å². The van der Waals surface area contributed by atoms with Gasteiger partial charge in [-0.15, -0.1) is 0 Å². The fourth-order valence-corrected chi connectivity index (χ4v) is 3.35. The van der Waals surface area contributed by atoms with Gasteiger partial charge in [0.2, 0.25) is 0 Å². The fraction of sp³-hybridized carbons (Fsp3) is 0.632. The van der Waals surface area contributed by atoms with Gasteiger partial charge in [-0.05, 0) is 25.0 Å². The SMILES string of the molecule is CCC(CC)[C@@H](CNC(=O)Nc1ccc(C)cc1)N1CCOCC1. The van der Waals surface area contributed by atoms with E-state index >= 15 is 0 Å². The molecule has 0 unspecified atom stereocenters. The molecule has 5 heteroatoms. The van der Waals surface area contributed by atoms with Gasteiger partial charge in [0.1, 0.15) is 0 Å². The predicted molar refractivity (Wildman–Crippen MR) is 98.5 cm³/mol. The number of morpholine rings is 1. The van der Waals surface area contributed by atoms with Crippen molar-refractivity contribution in [3.05, 3.63) is 29.8 Å². The van der Waals surface area contributed by atoms with E-state index < -0.39 is 0 Å². The standard InChI is InChI=1S/C19H31N3O2/c1-4-16(5-2)18(22-10-12-24-13-11-22)14-20-19(23)21-17-8-6-15(3)7-9-17/h6-9,16,18H,4-5,10-14H2,1-3H3,(H2,20,21,23)/t18-/m1/s1. The number of anilines is 1. The fourth-order valence-electron chi connectivity index (χ4n) is 3.35. The van der Waals surface area contributed by atoms with Gasteiger partial charge in [0.15, 0.2) is 0 Å². The smallest absolute Gasteiger partial charge is 0.319 e. The minimum absolute atomic E-state index is 0.136. The lowest BCUT2D eigenvalue weighted by atomic mass is 9.92. The van der Waals surface area contributed by atoms with Gasteiger partial charge in [0, 0.05) is 31.4 Å². The molecule has 2 N–H and O–H groups in total. The quantitative estimate of drug-likeness (QED) is 0.805. The zero-order valence-electron chi connectivity index (χ0n) is 15.2. The van der Waals surface area contributed by atoms with Crippen LogP contribution in [0.15, 0.2) is 24.3 Å². The number of nitrogens with one attached hydrogen (secondary N) is 2. The lowest BCUT2D eigenvalue weighted by Crippen LogP contribution is -2.52. The van der Waals surface area contributed by atoms with Crippen molar-refractivity contribution in [1.82, 2.24) is 10.2 Å². The van der Waals surface area contributed by atoms with E-state index in [-0.39, 0.29) is 6.03 Å². The summed E-state index contributed by atoms with van der Waals surface area (Å²) in [5.74, 6) is 0.586. The Morgan fingerprint density at radius 2 is 1.79 bits per heavy atom. The summed E-state index contributed by atoms with van der Waals surface area (Å²) in [4.78, 5) is 14.7. The summed E-state index contributed by atoms with van der Waals surface area (Å²) in [6.07, 6.45) is 2.25. The number of amides is 2. The van der Waals surface area contributed by atoms with Crippen LogP contribution in [-0.4, -0.2) is 49.8 Å². The molecule has 0 spiro atoms. The number of aryl methyl sites for hydroxylation is 1. The highest BCUT2D eigenvalue weighted by Crippen LogP contribution is 2.19. The number of carbonyl (C=O) groups is 1. The third-order valence-electron chi connectivity index (χ3n) is 4.89. The highest BCUT2D eigenvalue weighted by Gasteiger charge is 2.27. The van der Waals surface area contributed by atoms with Gasteiger partial charge in [-0.2, -0.15) is 0 Å². The van der Waals surface area contributed by atoms with Crippen molar-refractivity contribution in [2.45, 2.75) is 39.7 Å². The molecule has 0 radical (unpaired) electrons. The van der Waals surface area contributed by atoms with Gasteiger partial charge >= 0.3 is 6.03 Å². The minimum Gasteiger partial charge on any atom is -0.379 e. The molecule has 0 aliphatic carbocycles. The van der Waals surface area contributed by atoms with E-state index in [1.165, 1.54) is 5.56 Å². The zero-order chi connectivity index (χ0) is 17.4. The summed E-state index contributed by atoms with van der Waals surface area (Å²) >= 11 is 0. The van der Waals surface area contributed by atoms with Crippen molar-refractivity contribution in [1.29, 1.82) is 0 Å². The summed E-state index contributed by atoms with van der Waals surface area (Å²) < 4.78 is 5.47. The van der Waals surface area contributed by atoms with Crippen LogP contribution in [0.3, 0.4) is 0 Å². The number of nitrogens with zero attached hydrogens (tertiary/aromatic N) is 1. The molecule has 2 rings (SSSR count). The number of benzene rings is 1. The number of hydrogen-bond donors (Lipinski definition) is 2. The molecule has 1 aliphatic rings. The Bertz CT molecular complexity index is 494. The number of ether oxygens (including phenoxy) is 1. The Balaban J connectivity index is 1.90. The molecule has 1 aromatic rings. The summed E-state index contributed by atoms with van der Waals surface area (Å²) in [6.45, 7) is 10.6. The zero-order valence-corrected chi connectivity index (χ0v) is 15.2. The molecule has 134 valence electrons. The highest BCUT2D eigenvalue weighted by atomic mass is 16.5. The second kappa shape index (κ2) is 9.64. The molecule has 1 heterocycles. The van der Waals surface area contributed by atoms with Crippen molar-refractivity contribution in [3.63, 3.8) is 0 Å². The van der Waals surface area contributed by atoms with Crippen LogP contribution in [0, 0.1) is 12.8 Å². The Hall–Kier alpha value is -1.59. The predicted octanol–water partition coefficient (Wildman–Crippen LogP) is 3.25. The van der Waals surface area contributed by atoms with Crippen molar-refractivity contribution in [3.8, 4) is 0 Å². The Morgan fingerprint density at radius 1 is 1.17 bits per heavy atom. The molecule has 0 aromatic heterocycles. The molecule has 1 fully saturated rings. The van der Waals surface area contributed by atoms with Crippen LogP contribution in [0.5, 0.6) is 0 Å². The molecule has 0 saturated carbocycles. The van der Waals surface area contributed by atoms with Crippen LogP contribution in [-0.2, 0) is 4.74 Å². The second-order valence-electron chi connectivity index (χ2n) is 6.49. The normalized spacial score (nSPS) is 16.8. The second-order valence-corrected chi connectivity index (χ2v) is 6.49. The van der Waals surface area contributed by atoms with Gasteiger partial charge in [-0.25, -0.2) is 4.79 Å². The van der Waals surface area contributed by atoms with Gasteiger partial charge in [-0.1, -0.05) is 44.4 Å². The minimum atomic E-state index is -0.136. The van der Waals surface area contributed by atoms with Gasteiger partial charge in [-0.3, -0.25) is 4.90 Å². The summed E-state index contributed by atoms with van der Waals surface area (Å²) in [5.41, 5.74) is 2.01. The van der Waals surface area contributed by atoms with Gasteiger partial charge < -0.3 is 15.4 Å². The van der Waals surface area contributed by atoms with Gasteiger partial charge in [0.25, 0.3) is 0 Å². The third kappa shape index (κ3) is 5.49. The number of hydrogen-bond acceptors (Lipinski definition) is 3. The molecule has 1 aliphatic heterocycles. The van der Waals surface area contributed by atoms with E-state index in [4.69, 9.17) is 4.74 Å². The van der Waals surface area contributed by atoms with Crippen LogP contribution < -0.4 is 10.6 Å². The molecule has 0 bridgehead atoms. The molecule has 1 atom stereocenters. The number of rotatable bonds is 7. The van der Waals surface area contributed by atoms with Gasteiger partial charge in [0.05, 0.1) is 13.2 Å². The largest absolute Gasteiger partial charge is 0.379 e. The Labute approximate surface area is 145 Å². The molecule has 1 saturated heterocycles. The molecular weight excluding hydrogens is 302 g/mol. The van der Waals surface area contributed by atoms with Crippen LogP contribution in [0.4, 0.5) is 10.5 Å². The van der Waals surface area contributed by atoms with Crippen LogP contribution in [0.1, 0.15) is 32.3 Å². The van der Waals surface area contributed by atoms with E-state index in [9.17, 15) is 4.79 Å². The first kappa shape index (κ1) is 18.7. The molecule has 24 heavy (non-hydrogen) atoms. The molecular formula is C19H31N3O2. The lowest BCUT2D eigenvalue weighted by molar-refractivity contribution is 0.00247. The summed E-state index contributed by atoms with van der Waals surface area (Å²) in [6, 6.07) is 8.08. The first-order chi connectivity index (χ1) is 11.6. The van der Waals surface area contributed by atoms with E-state index in [2.05, 4.69) is 29.4 Å². The number of urea groups is 1. The van der Waals surface area contributed by atoms with Crippen LogP contribution in [0.25, 0.3) is 0 Å². The van der Waals surface area contributed by atoms with Crippen molar-refractivity contribution in [2.24, 2.45) is 5.92 Å². The Kier molecular flexibility index (Phi) is 7.53. The van der Waals surface area contributed by atoms with E-state index in [0.717, 1.165) is 44.8 Å². The van der Waals surface area contributed by atoms with Crippen LogP contribution in [0.2, 0.25) is 0 Å². The first-order valence-corrected chi connectivity index (χ1v) is 9.07. The molecule has 2 amide bonds. The lowest BCUT2D eigenvalue weighted by Gasteiger charge is -2.38. The van der Waals surface area contributed by atoms with Crippen molar-refractivity contribution < 1.29 is 9.53 Å². The number of carbonyl (C=O) groups excluding carboxylic acids is 1. The monoisotopic (exact) mass is 333 g/mol. The summed E-state index contributed by atoms with van der Waals surface area (Å²) in [7, 11) is 0. The van der Waals surface area contributed by atoms with E-state index in [0.29, 0.717) is 18.5 Å². The van der Waals surface area contributed by atoms with E-state index in [1.54, 1.807) is 0 Å². The molecule has 5 nitrogen and oxygen atoms in total. The first-order valence-electron chi connectivity index (χ1n) is 9.07. The maximum Gasteiger partial charge on any atom is 0.319 e. The maximum atomic E-state index is 12.2. The van der Waals surface area contributed by atoms with Crippen molar-refractivity contribution in [2.75, 3.05) is 38.2 Å². The highest BCUT2D eigenvalue weighted by molar-refractivity contribution is 5.89. The Morgan fingerprint density at radius 3 is 2.38 bits per heavy atom. The average molecular weight is 333 g/mol. The van der Waals surface area contributed by atoms with E-state index in [1.807, 2.05) is 31.2 Å². The topological polar surface area (TPSA) is 53.6 Å². The third-order valence-corrected chi connectivity index (χ3v) is 4.89. The van der Waals surface area contributed by atoms with Crippen LogP contribution >= 0.6 is 0 Å². The summed E-state index contributed by atoms with van der Waals surface area (Å²) in [5, 5.41) is 5.97. The maximum absolute atomic E-state index is 12.2.